The standard InChI is InChI=1S/C13H18N2O3/c1-9-7-12(16)11(8-14-9)13(17)15-5-3-10(18-2)4-6-15/h7-8,10H,3-6H2,1-2H3,(H,14,16). The van der Waals surface area contributed by atoms with E-state index in [-0.39, 0.29) is 23.0 Å². The molecule has 1 aromatic rings. The first-order valence-electron chi connectivity index (χ1n) is 6.13. The third kappa shape index (κ3) is 2.61. The highest BCUT2D eigenvalue weighted by Gasteiger charge is 2.24. The second-order valence-corrected chi connectivity index (χ2v) is 4.62. The van der Waals surface area contributed by atoms with Crippen LogP contribution in [0.25, 0.3) is 0 Å². The lowest BCUT2D eigenvalue weighted by molar-refractivity contribution is 0.0350. The molecule has 1 aliphatic rings. The van der Waals surface area contributed by atoms with Crippen LogP contribution in [0.3, 0.4) is 0 Å². The SMILES string of the molecule is COC1CCN(C(=O)c2c[nH]c(C)cc2=O)CC1. The minimum absolute atomic E-state index is 0.189. The monoisotopic (exact) mass is 250 g/mol. The average Bonchev–Trinajstić information content (AvgIpc) is 2.38. The molecule has 1 N–H and O–H groups in total. The first kappa shape index (κ1) is 12.8. The topological polar surface area (TPSA) is 62.4 Å². The van der Waals surface area contributed by atoms with E-state index in [4.69, 9.17) is 4.74 Å². The van der Waals surface area contributed by atoms with Crippen molar-refractivity contribution in [1.82, 2.24) is 9.88 Å². The van der Waals surface area contributed by atoms with Crippen LogP contribution < -0.4 is 5.43 Å². The van der Waals surface area contributed by atoms with Gasteiger partial charge in [-0.2, -0.15) is 0 Å². The number of aromatic amines is 1. The van der Waals surface area contributed by atoms with Crippen molar-refractivity contribution >= 4 is 5.91 Å². The number of ether oxygens (including phenoxy) is 1. The van der Waals surface area contributed by atoms with E-state index < -0.39 is 0 Å². The predicted octanol–water partition coefficient (Wildman–Crippen LogP) is 0.934. The highest BCUT2D eigenvalue weighted by molar-refractivity contribution is 5.93. The van der Waals surface area contributed by atoms with Crippen LogP contribution in [0.4, 0.5) is 0 Å². The number of pyridine rings is 1. The normalized spacial score (nSPS) is 16.9. The molecule has 0 saturated carbocycles. The molecule has 0 bridgehead atoms. The fraction of sp³-hybridized carbons (Fsp3) is 0.538. The Kier molecular flexibility index (Phi) is 3.81. The van der Waals surface area contributed by atoms with E-state index in [0.717, 1.165) is 18.5 Å². The fourth-order valence-corrected chi connectivity index (χ4v) is 2.21. The molecule has 0 spiro atoms. The predicted molar refractivity (Wildman–Crippen MR) is 67.7 cm³/mol. The number of carbonyl (C=O) groups is 1. The summed E-state index contributed by atoms with van der Waals surface area (Å²) in [7, 11) is 1.69. The number of methoxy groups -OCH3 is 1. The summed E-state index contributed by atoms with van der Waals surface area (Å²) in [6, 6.07) is 1.45. The zero-order valence-corrected chi connectivity index (χ0v) is 10.7. The van der Waals surface area contributed by atoms with E-state index in [1.807, 2.05) is 0 Å². The third-order valence-corrected chi connectivity index (χ3v) is 3.35. The van der Waals surface area contributed by atoms with Crippen LogP contribution in [0.2, 0.25) is 0 Å². The Labute approximate surface area is 106 Å². The largest absolute Gasteiger partial charge is 0.381 e. The van der Waals surface area contributed by atoms with Crippen LogP contribution in [-0.4, -0.2) is 42.1 Å². The first-order valence-corrected chi connectivity index (χ1v) is 6.13. The van der Waals surface area contributed by atoms with E-state index >= 15 is 0 Å². The summed E-state index contributed by atoms with van der Waals surface area (Å²) in [5, 5.41) is 0. The maximum atomic E-state index is 12.2. The minimum atomic E-state index is -0.217. The van der Waals surface area contributed by atoms with Crippen molar-refractivity contribution in [3.63, 3.8) is 0 Å². The molecule has 0 aliphatic carbocycles. The lowest BCUT2D eigenvalue weighted by Gasteiger charge is -2.31. The lowest BCUT2D eigenvalue weighted by atomic mass is 10.1. The van der Waals surface area contributed by atoms with Crippen LogP contribution >= 0.6 is 0 Å². The molecule has 2 rings (SSSR count). The maximum absolute atomic E-state index is 12.2. The molecule has 1 amide bonds. The van der Waals surface area contributed by atoms with Crippen molar-refractivity contribution < 1.29 is 9.53 Å². The zero-order valence-electron chi connectivity index (χ0n) is 10.7. The number of nitrogens with one attached hydrogen (secondary N) is 1. The van der Waals surface area contributed by atoms with Gasteiger partial charge in [0.25, 0.3) is 5.91 Å². The van der Waals surface area contributed by atoms with E-state index in [0.29, 0.717) is 13.1 Å². The fourth-order valence-electron chi connectivity index (χ4n) is 2.21. The molecule has 1 aromatic heterocycles. The van der Waals surface area contributed by atoms with E-state index in [2.05, 4.69) is 4.98 Å². The smallest absolute Gasteiger partial charge is 0.259 e. The van der Waals surface area contributed by atoms with Crippen molar-refractivity contribution in [2.45, 2.75) is 25.9 Å². The number of nitrogens with zero attached hydrogens (tertiary/aromatic N) is 1. The summed E-state index contributed by atoms with van der Waals surface area (Å²) in [4.78, 5) is 28.6. The van der Waals surface area contributed by atoms with Crippen LogP contribution in [0.1, 0.15) is 28.9 Å². The van der Waals surface area contributed by atoms with Crippen LogP contribution in [0, 0.1) is 6.92 Å². The number of piperidine rings is 1. The van der Waals surface area contributed by atoms with E-state index in [1.54, 1.807) is 18.9 Å². The molecule has 2 heterocycles. The average molecular weight is 250 g/mol. The van der Waals surface area contributed by atoms with Crippen molar-refractivity contribution in [3.05, 3.63) is 33.7 Å². The molecule has 1 saturated heterocycles. The Morgan fingerprint density at radius 3 is 2.67 bits per heavy atom. The van der Waals surface area contributed by atoms with Gasteiger partial charge in [0.2, 0.25) is 0 Å². The highest BCUT2D eigenvalue weighted by atomic mass is 16.5. The zero-order chi connectivity index (χ0) is 13.1. The number of carbonyl (C=O) groups excluding carboxylic acids is 1. The first-order chi connectivity index (χ1) is 8.61. The number of H-pyrrole nitrogens is 1. The Balaban J connectivity index is 2.10. The van der Waals surface area contributed by atoms with Crippen LogP contribution in [0.15, 0.2) is 17.1 Å². The number of hydrogen-bond acceptors (Lipinski definition) is 3. The Morgan fingerprint density at radius 1 is 1.44 bits per heavy atom. The number of rotatable bonds is 2. The van der Waals surface area contributed by atoms with Gasteiger partial charge in [0, 0.05) is 38.2 Å². The lowest BCUT2D eigenvalue weighted by Crippen LogP contribution is -2.42. The summed E-state index contributed by atoms with van der Waals surface area (Å²) in [6.07, 6.45) is 3.38. The van der Waals surface area contributed by atoms with Gasteiger partial charge in [-0.05, 0) is 19.8 Å². The number of amides is 1. The van der Waals surface area contributed by atoms with Gasteiger partial charge in [-0.1, -0.05) is 0 Å². The van der Waals surface area contributed by atoms with Crippen LogP contribution in [0.5, 0.6) is 0 Å². The molecule has 1 fully saturated rings. The minimum Gasteiger partial charge on any atom is -0.381 e. The number of hydrogen-bond donors (Lipinski definition) is 1. The van der Waals surface area contributed by atoms with Gasteiger partial charge >= 0.3 is 0 Å². The Bertz CT molecular complexity index is 487. The number of aryl methyl sites for hydroxylation is 1. The van der Waals surface area contributed by atoms with Gasteiger partial charge in [0.1, 0.15) is 5.56 Å². The molecule has 5 nitrogen and oxygen atoms in total. The second-order valence-electron chi connectivity index (χ2n) is 4.62. The van der Waals surface area contributed by atoms with E-state index in [9.17, 15) is 9.59 Å². The molecule has 0 atom stereocenters. The Hall–Kier alpha value is -1.62. The molecule has 98 valence electrons. The van der Waals surface area contributed by atoms with Crippen molar-refractivity contribution in [2.24, 2.45) is 0 Å². The summed E-state index contributed by atoms with van der Waals surface area (Å²) < 4.78 is 5.26. The van der Waals surface area contributed by atoms with E-state index in [1.165, 1.54) is 12.3 Å². The summed E-state index contributed by atoms with van der Waals surface area (Å²) in [5.74, 6) is -0.189. The van der Waals surface area contributed by atoms with Gasteiger partial charge in [-0.3, -0.25) is 9.59 Å². The van der Waals surface area contributed by atoms with Crippen molar-refractivity contribution in [2.75, 3.05) is 20.2 Å². The summed E-state index contributed by atoms with van der Waals surface area (Å²) in [6.45, 7) is 3.08. The number of likely N-dealkylation sites (tertiary alicyclic amines) is 1. The molecule has 0 radical (unpaired) electrons. The molecular weight excluding hydrogens is 232 g/mol. The molecule has 0 aromatic carbocycles. The summed E-state index contributed by atoms with van der Waals surface area (Å²) in [5.41, 5.74) is 0.760. The molecule has 0 unspecified atom stereocenters. The van der Waals surface area contributed by atoms with Crippen molar-refractivity contribution in [3.8, 4) is 0 Å². The third-order valence-electron chi connectivity index (χ3n) is 3.35. The Morgan fingerprint density at radius 2 is 2.11 bits per heavy atom. The molecular formula is C13H18N2O3. The van der Waals surface area contributed by atoms with Gasteiger partial charge < -0.3 is 14.6 Å². The van der Waals surface area contributed by atoms with Gasteiger partial charge in [0.05, 0.1) is 6.10 Å². The molecule has 5 heteroatoms. The van der Waals surface area contributed by atoms with Crippen LogP contribution in [-0.2, 0) is 4.74 Å². The van der Waals surface area contributed by atoms with Crippen molar-refractivity contribution in [1.29, 1.82) is 0 Å². The quantitative estimate of drug-likeness (QED) is 0.849. The molecule has 1 aliphatic heterocycles. The number of aromatic nitrogens is 1. The van der Waals surface area contributed by atoms with Gasteiger partial charge in [-0.25, -0.2) is 0 Å². The summed E-state index contributed by atoms with van der Waals surface area (Å²) >= 11 is 0. The van der Waals surface area contributed by atoms with Gasteiger partial charge in [-0.15, -0.1) is 0 Å². The second kappa shape index (κ2) is 5.35. The maximum Gasteiger partial charge on any atom is 0.259 e. The highest BCUT2D eigenvalue weighted by Crippen LogP contribution is 2.14. The molecule has 18 heavy (non-hydrogen) atoms. The van der Waals surface area contributed by atoms with Gasteiger partial charge in [0.15, 0.2) is 5.43 Å².